The van der Waals surface area contributed by atoms with E-state index in [1.165, 1.54) is 25.4 Å². The molecule has 5 nitrogen and oxygen atoms in total. The van der Waals surface area contributed by atoms with Crippen molar-refractivity contribution in [1.82, 2.24) is 9.78 Å². The minimum Gasteiger partial charge on any atom is -0.465 e. The zero-order valence-corrected chi connectivity index (χ0v) is 12.9. The fraction of sp³-hybridized carbons (Fsp3) is 0.385. The molecule has 0 aromatic carbocycles. The van der Waals surface area contributed by atoms with E-state index in [2.05, 4.69) is 10.4 Å². The van der Waals surface area contributed by atoms with Gasteiger partial charge in [-0.2, -0.15) is 18.3 Å². The van der Waals surface area contributed by atoms with E-state index in [0.29, 0.717) is 10.6 Å². The van der Waals surface area contributed by atoms with Gasteiger partial charge >= 0.3 is 12.1 Å². The molecule has 2 heterocycles. The summed E-state index contributed by atoms with van der Waals surface area (Å²) < 4.78 is 44.5. The maximum atomic E-state index is 13.0. The van der Waals surface area contributed by atoms with E-state index < -0.39 is 17.8 Å². The van der Waals surface area contributed by atoms with Crippen molar-refractivity contribution in [3.63, 3.8) is 0 Å². The normalized spacial score (nSPS) is 11.5. The van der Waals surface area contributed by atoms with Crippen molar-refractivity contribution in [3.05, 3.63) is 34.0 Å². The third-order valence-electron chi connectivity index (χ3n) is 3.00. The Morgan fingerprint density at radius 1 is 1.50 bits per heavy atom. The minimum absolute atomic E-state index is 0.161. The monoisotopic (exact) mass is 333 g/mol. The lowest BCUT2D eigenvalue weighted by Gasteiger charge is -2.11. The van der Waals surface area contributed by atoms with Crippen LogP contribution in [0, 0.1) is 6.92 Å². The number of anilines is 1. The van der Waals surface area contributed by atoms with Gasteiger partial charge in [0, 0.05) is 12.6 Å². The predicted octanol–water partition coefficient (Wildman–Crippen LogP) is 3.15. The lowest BCUT2D eigenvalue weighted by molar-refractivity contribution is -0.144. The number of methoxy groups -OCH3 is 1. The van der Waals surface area contributed by atoms with E-state index in [-0.39, 0.29) is 17.8 Å². The quantitative estimate of drug-likeness (QED) is 0.874. The van der Waals surface area contributed by atoms with Gasteiger partial charge in [0.25, 0.3) is 0 Å². The molecule has 0 aliphatic heterocycles. The predicted molar refractivity (Wildman–Crippen MR) is 76.3 cm³/mol. The smallest absolute Gasteiger partial charge is 0.433 e. The molecule has 9 heteroatoms. The van der Waals surface area contributed by atoms with Crippen molar-refractivity contribution in [1.29, 1.82) is 0 Å². The van der Waals surface area contributed by atoms with Crippen LogP contribution in [0.25, 0.3) is 0 Å². The highest BCUT2D eigenvalue weighted by Gasteiger charge is 2.35. The summed E-state index contributed by atoms with van der Waals surface area (Å²) in [6, 6.07) is 0.975. The molecular weight excluding hydrogens is 319 g/mol. The van der Waals surface area contributed by atoms with E-state index in [4.69, 9.17) is 4.74 Å². The number of hydrogen-bond acceptors (Lipinski definition) is 5. The summed E-state index contributed by atoms with van der Waals surface area (Å²) in [5, 5.41) is 8.86. The van der Waals surface area contributed by atoms with Gasteiger partial charge < -0.3 is 10.1 Å². The highest BCUT2D eigenvalue weighted by molar-refractivity contribution is 7.14. The van der Waals surface area contributed by atoms with Crippen molar-refractivity contribution in [3.8, 4) is 0 Å². The SMILES string of the molecule is CNc1scc(Cn2nc(C)cc2C(F)(F)F)c1C(=O)OC. The fourth-order valence-corrected chi connectivity index (χ4v) is 2.98. The highest BCUT2D eigenvalue weighted by Crippen LogP contribution is 2.33. The highest BCUT2D eigenvalue weighted by atomic mass is 32.1. The van der Waals surface area contributed by atoms with E-state index in [1.54, 1.807) is 12.4 Å². The summed E-state index contributed by atoms with van der Waals surface area (Å²) in [4.78, 5) is 11.8. The molecule has 2 rings (SSSR count). The third-order valence-corrected chi connectivity index (χ3v) is 4.04. The molecule has 0 saturated heterocycles. The number of aromatic nitrogens is 2. The zero-order chi connectivity index (χ0) is 16.5. The van der Waals surface area contributed by atoms with Crippen molar-refractivity contribution in [2.75, 3.05) is 19.5 Å². The van der Waals surface area contributed by atoms with Crippen molar-refractivity contribution in [2.24, 2.45) is 0 Å². The number of thiophene rings is 1. The van der Waals surface area contributed by atoms with Crippen LogP contribution in [0.2, 0.25) is 0 Å². The van der Waals surface area contributed by atoms with Crippen LogP contribution in [0.15, 0.2) is 11.4 Å². The number of hydrogen-bond donors (Lipinski definition) is 1. The molecule has 0 aliphatic carbocycles. The second-order valence-electron chi connectivity index (χ2n) is 4.53. The third kappa shape index (κ3) is 3.08. The average Bonchev–Trinajstić information content (AvgIpc) is 3.01. The second kappa shape index (κ2) is 5.99. The number of rotatable bonds is 4. The van der Waals surface area contributed by atoms with Gasteiger partial charge in [-0.15, -0.1) is 11.3 Å². The molecule has 0 bridgehead atoms. The van der Waals surface area contributed by atoms with Crippen LogP contribution in [-0.2, 0) is 17.5 Å². The molecule has 0 amide bonds. The molecule has 2 aromatic rings. The van der Waals surface area contributed by atoms with Crippen LogP contribution in [0.4, 0.5) is 18.2 Å². The van der Waals surface area contributed by atoms with Crippen LogP contribution in [0.1, 0.15) is 27.3 Å². The number of alkyl halides is 3. The first kappa shape index (κ1) is 16.3. The van der Waals surface area contributed by atoms with Gasteiger partial charge in [-0.25, -0.2) is 4.79 Å². The maximum absolute atomic E-state index is 13.0. The lowest BCUT2D eigenvalue weighted by atomic mass is 10.2. The van der Waals surface area contributed by atoms with Gasteiger partial charge in [0.15, 0.2) is 0 Å². The van der Waals surface area contributed by atoms with E-state index in [9.17, 15) is 18.0 Å². The van der Waals surface area contributed by atoms with E-state index >= 15 is 0 Å². The average molecular weight is 333 g/mol. The standard InChI is InChI=1S/C13H14F3N3O2S/c1-7-4-9(13(14,15)16)19(18-7)5-8-6-22-11(17-2)10(8)12(20)21-3/h4,6,17H,5H2,1-3H3. The number of aryl methyl sites for hydroxylation is 1. The number of carbonyl (C=O) groups is 1. The van der Waals surface area contributed by atoms with Gasteiger partial charge in [0.05, 0.1) is 24.9 Å². The van der Waals surface area contributed by atoms with Crippen LogP contribution in [-0.4, -0.2) is 29.9 Å². The molecular formula is C13H14F3N3O2S. The van der Waals surface area contributed by atoms with Crippen LogP contribution in [0.5, 0.6) is 0 Å². The summed E-state index contributed by atoms with van der Waals surface area (Å²) in [6.07, 6.45) is -4.51. The fourth-order valence-electron chi connectivity index (χ4n) is 2.08. The zero-order valence-electron chi connectivity index (χ0n) is 12.1. The van der Waals surface area contributed by atoms with E-state index in [1.807, 2.05) is 0 Å². The molecule has 0 saturated carbocycles. The Morgan fingerprint density at radius 2 is 2.18 bits per heavy atom. The first-order chi connectivity index (χ1) is 10.3. The summed E-state index contributed by atoms with van der Waals surface area (Å²) in [7, 11) is 2.85. The molecule has 0 spiro atoms. The Kier molecular flexibility index (Phi) is 4.45. The van der Waals surface area contributed by atoms with Crippen LogP contribution >= 0.6 is 11.3 Å². The molecule has 0 aliphatic rings. The number of carbonyl (C=O) groups excluding carboxylic acids is 1. The number of nitrogens with zero attached hydrogens (tertiary/aromatic N) is 2. The van der Waals surface area contributed by atoms with Crippen molar-refractivity contribution in [2.45, 2.75) is 19.6 Å². The number of halogens is 3. The van der Waals surface area contributed by atoms with Crippen molar-refractivity contribution < 1.29 is 22.7 Å². The van der Waals surface area contributed by atoms with Gasteiger partial charge in [0.2, 0.25) is 0 Å². The van der Waals surface area contributed by atoms with E-state index in [0.717, 1.165) is 10.7 Å². The Hall–Kier alpha value is -2.03. The maximum Gasteiger partial charge on any atom is 0.433 e. The Morgan fingerprint density at radius 3 is 2.73 bits per heavy atom. The Balaban J connectivity index is 2.44. The topological polar surface area (TPSA) is 56.2 Å². The molecule has 0 fully saturated rings. The minimum atomic E-state index is -4.51. The Labute approximate surface area is 128 Å². The molecule has 1 N–H and O–H groups in total. The van der Waals surface area contributed by atoms with Crippen LogP contribution in [0.3, 0.4) is 0 Å². The first-order valence-corrected chi connectivity index (χ1v) is 7.14. The summed E-state index contributed by atoms with van der Waals surface area (Å²) in [5.74, 6) is -0.599. The summed E-state index contributed by atoms with van der Waals surface area (Å²) >= 11 is 1.22. The molecule has 2 aromatic heterocycles. The van der Waals surface area contributed by atoms with Crippen LogP contribution < -0.4 is 5.32 Å². The number of ether oxygens (including phenoxy) is 1. The summed E-state index contributed by atoms with van der Waals surface area (Å²) in [5.41, 5.74) is 0.0695. The molecule has 120 valence electrons. The summed E-state index contributed by atoms with van der Waals surface area (Å²) in [6.45, 7) is 1.32. The number of esters is 1. The molecule has 0 unspecified atom stereocenters. The lowest BCUT2D eigenvalue weighted by Crippen LogP contribution is -2.16. The molecule has 0 radical (unpaired) electrons. The molecule has 22 heavy (non-hydrogen) atoms. The van der Waals surface area contributed by atoms with Gasteiger partial charge in [-0.1, -0.05) is 0 Å². The van der Waals surface area contributed by atoms with Gasteiger partial charge in [-0.3, -0.25) is 4.68 Å². The Bertz CT molecular complexity index is 691. The second-order valence-corrected chi connectivity index (χ2v) is 5.41. The van der Waals surface area contributed by atoms with Crippen molar-refractivity contribution >= 4 is 22.3 Å². The molecule has 0 atom stereocenters. The van der Waals surface area contributed by atoms with Gasteiger partial charge in [0.1, 0.15) is 10.7 Å². The first-order valence-electron chi connectivity index (χ1n) is 6.26. The number of nitrogens with one attached hydrogen (secondary N) is 1. The van der Waals surface area contributed by atoms with Gasteiger partial charge in [-0.05, 0) is 18.4 Å². The largest absolute Gasteiger partial charge is 0.465 e.